The average molecular weight is 458 g/mol. The number of nitrogens with one attached hydrogen (secondary N) is 1. The Labute approximate surface area is 193 Å². The van der Waals surface area contributed by atoms with E-state index in [1.165, 1.54) is 4.68 Å². The van der Waals surface area contributed by atoms with E-state index in [0.29, 0.717) is 21.6 Å². The van der Waals surface area contributed by atoms with Crippen LogP contribution in [-0.2, 0) is 0 Å². The van der Waals surface area contributed by atoms with Gasteiger partial charge >= 0.3 is 0 Å². The molecule has 0 amide bonds. The van der Waals surface area contributed by atoms with Crippen molar-refractivity contribution in [3.05, 3.63) is 111 Å². The number of aromatic nitrogens is 4. The molecular formula is C24H16ClN5OS. The van der Waals surface area contributed by atoms with Crippen LogP contribution < -0.4 is 5.56 Å². The smallest absolute Gasteiger partial charge is 0.282 e. The summed E-state index contributed by atoms with van der Waals surface area (Å²) in [5.74, 6) is 0. The second-order valence-electron chi connectivity index (χ2n) is 7.06. The van der Waals surface area contributed by atoms with E-state index in [1.54, 1.807) is 23.0 Å². The van der Waals surface area contributed by atoms with Gasteiger partial charge in [0.2, 0.25) is 4.77 Å². The summed E-state index contributed by atoms with van der Waals surface area (Å²) in [6.45, 7) is 0. The van der Waals surface area contributed by atoms with Crippen LogP contribution in [0.1, 0.15) is 5.56 Å². The maximum Gasteiger partial charge on any atom is 0.282 e. The van der Waals surface area contributed by atoms with Crippen LogP contribution in [0.3, 0.4) is 0 Å². The molecular weight excluding hydrogens is 442 g/mol. The molecule has 0 aliphatic heterocycles. The van der Waals surface area contributed by atoms with Gasteiger partial charge in [0.1, 0.15) is 5.69 Å². The van der Waals surface area contributed by atoms with Crippen LogP contribution in [-0.4, -0.2) is 25.7 Å². The summed E-state index contributed by atoms with van der Waals surface area (Å²) in [6, 6.07) is 24.4. The molecule has 2 aromatic heterocycles. The third-order valence-electron chi connectivity index (χ3n) is 4.98. The van der Waals surface area contributed by atoms with Crippen molar-refractivity contribution in [3.63, 3.8) is 0 Å². The number of H-pyrrole nitrogens is 1. The van der Waals surface area contributed by atoms with Crippen molar-refractivity contribution < 1.29 is 0 Å². The van der Waals surface area contributed by atoms with E-state index in [1.807, 2.05) is 72.9 Å². The molecule has 0 atom stereocenters. The van der Waals surface area contributed by atoms with Gasteiger partial charge in [-0.05, 0) is 48.6 Å². The Morgan fingerprint density at radius 2 is 1.69 bits per heavy atom. The minimum Gasteiger partial charge on any atom is -0.330 e. The molecule has 6 nitrogen and oxygen atoms in total. The molecule has 0 aliphatic rings. The molecule has 0 saturated heterocycles. The highest BCUT2D eigenvalue weighted by molar-refractivity contribution is 7.71. The highest BCUT2D eigenvalue weighted by Crippen LogP contribution is 2.24. The summed E-state index contributed by atoms with van der Waals surface area (Å²) >= 11 is 11.4. The molecule has 0 radical (unpaired) electrons. The van der Waals surface area contributed by atoms with Crippen molar-refractivity contribution in [2.45, 2.75) is 0 Å². The van der Waals surface area contributed by atoms with Crippen LogP contribution in [0.15, 0.2) is 95.0 Å². The molecule has 32 heavy (non-hydrogen) atoms. The van der Waals surface area contributed by atoms with Crippen molar-refractivity contribution in [1.29, 1.82) is 0 Å². The second-order valence-corrected chi connectivity index (χ2v) is 7.88. The van der Waals surface area contributed by atoms with E-state index in [0.717, 1.165) is 16.8 Å². The summed E-state index contributed by atoms with van der Waals surface area (Å²) in [5, 5.41) is 10.3. The zero-order valence-electron chi connectivity index (χ0n) is 16.6. The highest BCUT2D eigenvalue weighted by atomic mass is 35.5. The van der Waals surface area contributed by atoms with E-state index in [4.69, 9.17) is 28.9 Å². The molecule has 5 aromatic rings. The number of fused-ring (bicyclic) bond motifs is 1. The first-order valence-corrected chi connectivity index (χ1v) is 10.6. The Bertz CT molecular complexity index is 1570. The summed E-state index contributed by atoms with van der Waals surface area (Å²) in [5.41, 5.74) is 3.60. The maximum absolute atomic E-state index is 12.9. The lowest BCUT2D eigenvalue weighted by Crippen LogP contribution is -2.18. The third-order valence-corrected chi connectivity index (χ3v) is 5.50. The zero-order chi connectivity index (χ0) is 22.1. The fourth-order valence-electron chi connectivity index (χ4n) is 3.40. The number of benzene rings is 3. The molecule has 0 fully saturated rings. The van der Waals surface area contributed by atoms with Crippen LogP contribution >= 0.6 is 23.8 Å². The first-order chi connectivity index (χ1) is 15.6. The molecule has 0 unspecified atom stereocenters. The summed E-state index contributed by atoms with van der Waals surface area (Å²) < 4.78 is 3.17. The van der Waals surface area contributed by atoms with Crippen molar-refractivity contribution >= 4 is 40.9 Å². The van der Waals surface area contributed by atoms with Gasteiger partial charge in [-0.3, -0.25) is 4.79 Å². The van der Waals surface area contributed by atoms with Crippen molar-refractivity contribution in [3.8, 4) is 16.9 Å². The normalized spacial score (nSPS) is 11.4. The first kappa shape index (κ1) is 20.1. The zero-order valence-corrected chi connectivity index (χ0v) is 18.2. The molecule has 1 N–H and O–H groups in total. The lowest BCUT2D eigenvalue weighted by Gasteiger charge is -2.02. The van der Waals surface area contributed by atoms with Crippen molar-refractivity contribution in [2.24, 2.45) is 5.10 Å². The number of para-hydroxylation sites is 2. The van der Waals surface area contributed by atoms with E-state index >= 15 is 0 Å². The number of nitrogens with zero attached hydrogens (tertiary/aromatic N) is 4. The molecule has 0 spiro atoms. The lowest BCUT2D eigenvalue weighted by molar-refractivity contribution is 0.800. The molecule has 2 heterocycles. The third kappa shape index (κ3) is 3.79. The predicted molar refractivity (Wildman–Crippen MR) is 130 cm³/mol. The average Bonchev–Trinajstić information content (AvgIpc) is 3.24. The molecule has 0 saturated carbocycles. The molecule has 8 heteroatoms. The Morgan fingerprint density at radius 1 is 0.969 bits per heavy atom. The summed E-state index contributed by atoms with van der Waals surface area (Å²) in [6.07, 6.45) is 3.46. The maximum atomic E-state index is 12.9. The SMILES string of the molecule is O=c1c2ccccc2[nH]c(=S)n1N=Cc1cn(-c2ccccc2)nc1-c1ccc(Cl)cc1. The van der Waals surface area contributed by atoms with Gasteiger partial charge in [0.15, 0.2) is 0 Å². The molecule has 3 aromatic carbocycles. The number of halogens is 1. The Kier molecular flexibility index (Phi) is 5.26. The predicted octanol–water partition coefficient (Wildman–Crippen LogP) is 5.45. The number of aromatic amines is 1. The Balaban J connectivity index is 1.65. The number of hydrogen-bond acceptors (Lipinski definition) is 4. The molecule has 0 bridgehead atoms. The molecule has 156 valence electrons. The van der Waals surface area contributed by atoms with Gasteiger partial charge in [-0.15, -0.1) is 0 Å². The van der Waals surface area contributed by atoms with Gasteiger partial charge in [0, 0.05) is 22.3 Å². The highest BCUT2D eigenvalue weighted by Gasteiger charge is 2.12. The summed E-state index contributed by atoms with van der Waals surface area (Å²) in [7, 11) is 0. The minimum absolute atomic E-state index is 0.216. The minimum atomic E-state index is -0.288. The van der Waals surface area contributed by atoms with E-state index in [9.17, 15) is 4.79 Å². The van der Waals surface area contributed by atoms with Gasteiger partial charge in [-0.1, -0.05) is 54.1 Å². The topological polar surface area (TPSA) is 68.0 Å². The van der Waals surface area contributed by atoms with Crippen LogP contribution in [0.5, 0.6) is 0 Å². The van der Waals surface area contributed by atoms with Crippen LogP contribution in [0.25, 0.3) is 27.8 Å². The largest absolute Gasteiger partial charge is 0.330 e. The first-order valence-electron chi connectivity index (χ1n) is 9.79. The van der Waals surface area contributed by atoms with Gasteiger partial charge in [-0.2, -0.15) is 14.9 Å². The van der Waals surface area contributed by atoms with Crippen LogP contribution in [0.2, 0.25) is 5.02 Å². The van der Waals surface area contributed by atoms with E-state index in [2.05, 4.69) is 10.1 Å². The fourth-order valence-corrected chi connectivity index (χ4v) is 3.77. The standard InChI is InChI=1S/C24H16ClN5OS/c25-18-12-10-16(11-13-18)22-17(15-29(28-22)19-6-2-1-3-7-19)14-26-30-23(31)20-8-4-5-9-21(20)27-24(30)32/h1-15H,(H,27,32). The molecule has 0 aliphatic carbocycles. The van der Waals surface area contributed by atoms with Crippen LogP contribution in [0, 0.1) is 4.77 Å². The van der Waals surface area contributed by atoms with Crippen molar-refractivity contribution in [1.82, 2.24) is 19.4 Å². The molecule has 5 rings (SSSR count). The fraction of sp³-hybridized carbons (Fsp3) is 0. The van der Waals surface area contributed by atoms with Gasteiger partial charge < -0.3 is 4.98 Å². The van der Waals surface area contributed by atoms with E-state index < -0.39 is 0 Å². The monoisotopic (exact) mass is 457 g/mol. The Morgan fingerprint density at radius 3 is 2.47 bits per heavy atom. The number of hydrogen-bond donors (Lipinski definition) is 1. The Hall–Kier alpha value is -3.81. The van der Waals surface area contributed by atoms with Gasteiger partial charge in [0.05, 0.1) is 22.8 Å². The quantitative estimate of drug-likeness (QED) is 0.288. The summed E-state index contributed by atoms with van der Waals surface area (Å²) in [4.78, 5) is 16.0. The van der Waals surface area contributed by atoms with Gasteiger partial charge in [-0.25, -0.2) is 4.68 Å². The van der Waals surface area contributed by atoms with Crippen LogP contribution in [0.4, 0.5) is 0 Å². The van der Waals surface area contributed by atoms with Crippen molar-refractivity contribution in [2.75, 3.05) is 0 Å². The second kappa shape index (κ2) is 8.37. The van der Waals surface area contributed by atoms with Gasteiger partial charge in [0.25, 0.3) is 5.56 Å². The lowest BCUT2D eigenvalue weighted by atomic mass is 10.1. The van der Waals surface area contributed by atoms with E-state index in [-0.39, 0.29) is 10.3 Å². The number of rotatable bonds is 4.